The molecular formula is C39H46N2O13S. The molecule has 0 heterocycles. The van der Waals surface area contributed by atoms with Crippen molar-refractivity contribution in [1.82, 2.24) is 10.6 Å². The van der Waals surface area contributed by atoms with Gasteiger partial charge in [-0.1, -0.05) is 31.9 Å². The van der Waals surface area contributed by atoms with Gasteiger partial charge in [0, 0.05) is 36.9 Å². The second-order valence-corrected chi connectivity index (χ2v) is 13.8. The molecule has 0 unspecified atom stereocenters. The summed E-state index contributed by atoms with van der Waals surface area (Å²) >= 11 is 0. The average molecular weight is 783 g/mol. The third-order valence-corrected chi connectivity index (χ3v) is 9.35. The molecule has 0 saturated carbocycles. The van der Waals surface area contributed by atoms with Crippen molar-refractivity contribution in [2.75, 3.05) is 39.5 Å². The van der Waals surface area contributed by atoms with Gasteiger partial charge in [-0.2, -0.15) is 0 Å². The van der Waals surface area contributed by atoms with Gasteiger partial charge in [-0.25, -0.2) is 32.4 Å². The number of benzene rings is 2. The van der Waals surface area contributed by atoms with Gasteiger partial charge in [-0.3, -0.25) is 0 Å². The number of sulfone groups is 1. The van der Waals surface area contributed by atoms with Gasteiger partial charge < -0.3 is 39.4 Å². The number of phenols is 1. The van der Waals surface area contributed by atoms with Crippen molar-refractivity contribution >= 4 is 39.9 Å². The van der Waals surface area contributed by atoms with Crippen molar-refractivity contribution < 1.29 is 61.2 Å². The van der Waals surface area contributed by atoms with E-state index >= 15 is 0 Å². The van der Waals surface area contributed by atoms with E-state index in [-0.39, 0.29) is 47.2 Å². The van der Waals surface area contributed by atoms with E-state index in [0.717, 1.165) is 18.2 Å². The van der Waals surface area contributed by atoms with Gasteiger partial charge in [0.2, 0.25) is 9.84 Å². The predicted molar refractivity (Wildman–Crippen MR) is 201 cm³/mol. The molecule has 3 N–H and O–H groups in total. The Morgan fingerprint density at radius 3 is 1.60 bits per heavy atom. The monoisotopic (exact) mass is 782 g/mol. The molecule has 15 nitrogen and oxygen atoms in total. The summed E-state index contributed by atoms with van der Waals surface area (Å²) in [5, 5.41) is 15.2. The zero-order chi connectivity index (χ0) is 40.9. The molecule has 16 heteroatoms. The highest BCUT2D eigenvalue weighted by Crippen LogP contribution is 2.30. The number of hydrogen-bond donors (Lipinski definition) is 3. The van der Waals surface area contributed by atoms with Crippen molar-refractivity contribution in [2.24, 2.45) is 5.41 Å². The Labute approximate surface area is 320 Å². The largest absolute Gasteiger partial charge is 0.508 e. The summed E-state index contributed by atoms with van der Waals surface area (Å²) in [6.45, 7) is 15.8. The first-order chi connectivity index (χ1) is 26.2. The maximum absolute atomic E-state index is 13.4. The van der Waals surface area contributed by atoms with Crippen molar-refractivity contribution in [3.63, 3.8) is 0 Å². The molecule has 0 saturated heterocycles. The van der Waals surface area contributed by atoms with Crippen LogP contribution in [0.4, 0.5) is 9.59 Å². The van der Waals surface area contributed by atoms with Crippen LogP contribution in [0.15, 0.2) is 109 Å². The van der Waals surface area contributed by atoms with Gasteiger partial charge in [0.15, 0.2) is 0 Å². The summed E-state index contributed by atoms with van der Waals surface area (Å²) in [5.41, 5.74) is -0.640. The van der Waals surface area contributed by atoms with E-state index in [9.17, 15) is 37.5 Å². The molecule has 0 aliphatic carbocycles. The first kappa shape index (κ1) is 45.0. The number of carbonyl (C=O) groups is 5. The van der Waals surface area contributed by atoms with Gasteiger partial charge in [-0.15, -0.1) is 13.2 Å². The van der Waals surface area contributed by atoms with Crippen LogP contribution in [0, 0.1) is 5.41 Å². The molecule has 0 aromatic heterocycles. The Bertz CT molecular complexity index is 1790. The molecule has 0 aliphatic heterocycles. The molecule has 0 bridgehead atoms. The molecule has 2 aromatic carbocycles. The van der Waals surface area contributed by atoms with Crippen LogP contribution in [0.2, 0.25) is 0 Å². The lowest BCUT2D eigenvalue weighted by Gasteiger charge is -2.31. The van der Waals surface area contributed by atoms with Gasteiger partial charge in [0.05, 0.1) is 9.79 Å². The Kier molecular flexibility index (Phi) is 18.7. The summed E-state index contributed by atoms with van der Waals surface area (Å²) in [7, 11) is -3.97. The smallest absolute Gasteiger partial charge is 0.412 e. The zero-order valence-corrected chi connectivity index (χ0v) is 31.2. The normalized spacial score (nSPS) is 10.8. The van der Waals surface area contributed by atoms with Crippen LogP contribution >= 0.6 is 0 Å². The first-order valence-corrected chi connectivity index (χ1v) is 18.4. The summed E-state index contributed by atoms with van der Waals surface area (Å²) in [6, 6.07) is 8.13. The van der Waals surface area contributed by atoms with Gasteiger partial charge in [-0.05, 0) is 74.1 Å². The molecule has 2 aromatic rings. The number of amides is 2. The summed E-state index contributed by atoms with van der Waals surface area (Å²) in [5.74, 6) is -2.33. The quantitative estimate of drug-likeness (QED) is 0.0429. The third-order valence-electron chi connectivity index (χ3n) is 7.60. The molecule has 55 heavy (non-hydrogen) atoms. The molecular weight excluding hydrogens is 736 g/mol. The van der Waals surface area contributed by atoms with E-state index in [1.807, 2.05) is 0 Å². The minimum atomic E-state index is -3.97. The molecule has 296 valence electrons. The van der Waals surface area contributed by atoms with Crippen molar-refractivity contribution in [2.45, 2.75) is 41.9 Å². The molecule has 0 fully saturated rings. The van der Waals surface area contributed by atoms with Crippen LogP contribution in [-0.2, 0) is 56.0 Å². The highest BCUT2D eigenvalue weighted by Gasteiger charge is 2.37. The number of allylic oxidation sites excluding steroid dienone is 2. The minimum Gasteiger partial charge on any atom is -0.508 e. The highest BCUT2D eigenvalue weighted by atomic mass is 32.2. The fourth-order valence-corrected chi connectivity index (χ4v) is 6.00. The Morgan fingerprint density at radius 2 is 1.09 bits per heavy atom. The van der Waals surface area contributed by atoms with E-state index in [1.54, 1.807) is 12.2 Å². The number of unbranched alkanes of at least 4 members (excludes halogenated alkanes) is 2. The maximum Gasteiger partial charge on any atom is 0.412 e. The van der Waals surface area contributed by atoms with E-state index in [2.05, 4.69) is 43.5 Å². The lowest BCUT2D eigenvalue weighted by Crippen LogP contribution is -2.44. The fraction of sp³-hybridized carbons (Fsp3) is 0.308. The number of aromatic hydroxyl groups is 1. The zero-order valence-electron chi connectivity index (χ0n) is 30.4. The van der Waals surface area contributed by atoms with E-state index in [1.165, 1.54) is 36.4 Å². The van der Waals surface area contributed by atoms with Crippen molar-refractivity contribution in [3.05, 3.63) is 111 Å². The number of ether oxygens (including phenoxy) is 5. The van der Waals surface area contributed by atoms with Gasteiger partial charge in [0.1, 0.15) is 43.3 Å². The number of nitrogens with one attached hydrogen (secondary N) is 2. The van der Waals surface area contributed by atoms with Crippen LogP contribution < -0.4 is 15.4 Å². The highest BCUT2D eigenvalue weighted by molar-refractivity contribution is 7.91. The second-order valence-electron chi connectivity index (χ2n) is 11.9. The second kappa shape index (κ2) is 22.8. The van der Waals surface area contributed by atoms with Crippen molar-refractivity contribution in [1.29, 1.82) is 0 Å². The number of phenolic OH excluding ortho intramolecular Hbond substituents is 1. The molecule has 0 radical (unpaired) electrons. The Balaban J connectivity index is 1.89. The van der Waals surface area contributed by atoms with E-state index in [0.29, 0.717) is 30.4 Å². The number of carbonyl (C=O) groups excluding carboxylic acids is 5. The summed E-state index contributed by atoms with van der Waals surface area (Å²) in [6.07, 6.45) is 6.29. The number of esters is 3. The van der Waals surface area contributed by atoms with E-state index < -0.39 is 71.8 Å². The molecule has 2 amide bonds. The lowest BCUT2D eigenvalue weighted by molar-refractivity contribution is -0.159. The van der Waals surface area contributed by atoms with E-state index in [4.69, 9.17) is 23.7 Å². The minimum absolute atomic E-state index is 0.0107. The van der Waals surface area contributed by atoms with Crippen LogP contribution in [0.3, 0.4) is 0 Å². The number of alkyl carbamates (subject to hydrolysis) is 1. The van der Waals surface area contributed by atoms with Crippen molar-refractivity contribution in [3.8, 4) is 11.5 Å². The first-order valence-electron chi connectivity index (χ1n) is 16.9. The molecule has 2 rings (SSSR count). The fourth-order valence-electron chi connectivity index (χ4n) is 4.63. The third kappa shape index (κ3) is 15.0. The Hall–Kier alpha value is -6.16. The summed E-state index contributed by atoms with van der Waals surface area (Å²) in [4.78, 5) is 60.2. The standard InChI is InChI=1S/C39H46N2O13S/c1-6-14-28-22-30(16-18-32(28)42)55(48,49)31-17-19-33(29(23-31)15-7-2)54-38(47)41-21-13-11-12-20-40-37(46)53-27-39(24-50-34(43)8-3,25-51-35(44)9-4)26-52-36(45)10-5/h6-10,16-19,22-23,42H,1-5,11-15,20-21,24-27H2,(H,40,46)(H,41,47). The molecule has 0 atom stereocenters. The Morgan fingerprint density at radius 1 is 0.636 bits per heavy atom. The topological polar surface area (TPSA) is 210 Å². The van der Waals surface area contributed by atoms with Crippen LogP contribution in [-0.4, -0.2) is 83.1 Å². The maximum atomic E-state index is 13.4. The lowest BCUT2D eigenvalue weighted by atomic mass is 9.92. The van der Waals surface area contributed by atoms with Gasteiger partial charge in [0.25, 0.3) is 0 Å². The number of rotatable bonds is 24. The van der Waals surface area contributed by atoms with Crippen LogP contribution in [0.1, 0.15) is 30.4 Å². The SMILES string of the molecule is C=CCc1cc(S(=O)(=O)c2ccc(OC(=O)NCCCCCNC(=O)OCC(COC(=O)C=C)(COC(=O)C=C)COC(=O)C=C)c(CC=C)c2)ccc1O. The van der Waals surface area contributed by atoms with Crippen LogP contribution in [0.25, 0.3) is 0 Å². The summed E-state index contributed by atoms with van der Waals surface area (Å²) < 4.78 is 52.8. The van der Waals surface area contributed by atoms with Crippen LogP contribution in [0.5, 0.6) is 11.5 Å². The predicted octanol–water partition coefficient (Wildman–Crippen LogP) is 4.84. The average Bonchev–Trinajstić information content (AvgIpc) is 3.17. The molecule has 0 aliphatic rings. The molecule has 0 spiro atoms. The number of hydrogen-bond acceptors (Lipinski definition) is 13. The van der Waals surface area contributed by atoms with Gasteiger partial charge >= 0.3 is 30.1 Å².